The first kappa shape index (κ1) is 12.0. The highest BCUT2D eigenvalue weighted by atomic mass is 79.9. The van der Waals surface area contributed by atoms with Crippen LogP contribution in [0, 0.1) is 0 Å². The summed E-state index contributed by atoms with van der Waals surface area (Å²) in [5.74, 6) is 0.113. The van der Waals surface area contributed by atoms with E-state index in [1.807, 2.05) is 0 Å². The third-order valence-corrected chi connectivity index (χ3v) is 1.79. The number of methoxy groups -OCH3 is 1. The van der Waals surface area contributed by atoms with Gasteiger partial charge < -0.3 is 9.47 Å². The summed E-state index contributed by atoms with van der Waals surface area (Å²) >= 11 is 3.05. The van der Waals surface area contributed by atoms with Crippen LogP contribution in [-0.2, 0) is 0 Å². The third kappa shape index (κ3) is 3.90. The van der Waals surface area contributed by atoms with Crippen molar-refractivity contribution in [1.29, 1.82) is 0 Å². The molecule has 0 atom stereocenters. The Morgan fingerprint density at radius 2 is 2.13 bits per heavy atom. The van der Waals surface area contributed by atoms with Gasteiger partial charge in [-0.05, 0) is 15.9 Å². The normalized spacial score (nSPS) is 11.3. The Kier molecular flexibility index (Phi) is 3.72. The molecule has 1 rings (SSSR count). The van der Waals surface area contributed by atoms with Gasteiger partial charge in [-0.2, -0.15) is 18.2 Å². The fraction of sp³-hybridized carbons (Fsp3) is 0.429. The van der Waals surface area contributed by atoms with Gasteiger partial charge in [-0.1, -0.05) is 0 Å². The predicted molar refractivity (Wildman–Crippen MR) is 47.8 cm³/mol. The maximum absolute atomic E-state index is 11.8. The number of ether oxygens (including phenoxy) is 2. The molecule has 1 aromatic rings. The quantitative estimate of drug-likeness (QED) is 0.854. The molecule has 0 saturated heterocycles. The van der Waals surface area contributed by atoms with E-state index in [0.717, 1.165) is 0 Å². The fourth-order valence-corrected chi connectivity index (χ4v) is 1.05. The average Bonchev–Trinajstić information content (AvgIpc) is 2.15. The summed E-state index contributed by atoms with van der Waals surface area (Å²) in [5.41, 5.74) is 0. The smallest absolute Gasteiger partial charge is 0.422 e. The summed E-state index contributed by atoms with van der Waals surface area (Å²) in [4.78, 5) is 7.12. The van der Waals surface area contributed by atoms with Gasteiger partial charge in [-0.25, -0.2) is 4.98 Å². The number of alkyl halides is 3. The second kappa shape index (κ2) is 4.65. The third-order valence-electron chi connectivity index (χ3n) is 1.25. The SMILES string of the molecule is COc1nc(OCC(F)(F)F)ncc1Br. The van der Waals surface area contributed by atoms with Crippen molar-refractivity contribution in [1.82, 2.24) is 9.97 Å². The van der Waals surface area contributed by atoms with E-state index >= 15 is 0 Å². The van der Waals surface area contributed by atoms with Crippen LogP contribution in [0.25, 0.3) is 0 Å². The van der Waals surface area contributed by atoms with Crippen molar-refractivity contribution in [2.75, 3.05) is 13.7 Å². The van der Waals surface area contributed by atoms with E-state index in [1.165, 1.54) is 13.3 Å². The highest BCUT2D eigenvalue weighted by molar-refractivity contribution is 9.10. The summed E-state index contributed by atoms with van der Waals surface area (Å²) in [6, 6.07) is -0.382. The molecular formula is C7H6BrF3N2O2. The maximum atomic E-state index is 11.8. The zero-order valence-electron chi connectivity index (χ0n) is 7.51. The summed E-state index contributed by atoms with van der Waals surface area (Å²) in [5, 5.41) is 0. The molecule has 4 nitrogen and oxygen atoms in total. The van der Waals surface area contributed by atoms with Crippen LogP contribution >= 0.6 is 15.9 Å². The standard InChI is InChI=1S/C7H6BrF3N2O2/c1-14-5-4(8)2-12-6(13-5)15-3-7(9,10)11/h2H,3H2,1H3. The van der Waals surface area contributed by atoms with E-state index in [0.29, 0.717) is 4.47 Å². The number of hydrogen-bond donors (Lipinski definition) is 0. The molecule has 8 heteroatoms. The Labute approximate surface area is 91.6 Å². The van der Waals surface area contributed by atoms with Crippen molar-refractivity contribution < 1.29 is 22.6 Å². The lowest BCUT2D eigenvalue weighted by Crippen LogP contribution is -2.20. The predicted octanol–water partition coefficient (Wildman–Crippen LogP) is 2.19. The fourth-order valence-electron chi connectivity index (χ4n) is 0.695. The Morgan fingerprint density at radius 3 is 2.67 bits per heavy atom. The minimum absolute atomic E-state index is 0.113. The summed E-state index contributed by atoms with van der Waals surface area (Å²) in [7, 11) is 1.33. The Morgan fingerprint density at radius 1 is 1.47 bits per heavy atom. The Balaban J connectivity index is 2.70. The monoisotopic (exact) mass is 286 g/mol. The molecule has 0 aliphatic rings. The van der Waals surface area contributed by atoms with Gasteiger partial charge in [-0.3, -0.25) is 0 Å². The van der Waals surface area contributed by atoms with Gasteiger partial charge >= 0.3 is 12.2 Å². The number of halogens is 4. The minimum atomic E-state index is -4.41. The number of hydrogen-bond acceptors (Lipinski definition) is 4. The second-order valence-corrected chi connectivity index (χ2v) is 3.27. The first-order valence-electron chi connectivity index (χ1n) is 3.68. The van der Waals surface area contributed by atoms with Crippen molar-refractivity contribution in [3.63, 3.8) is 0 Å². The Bertz CT molecular complexity index is 345. The van der Waals surface area contributed by atoms with Gasteiger partial charge in [-0.15, -0.1) is 0 Å². The van der Waals surface area contributed by atoms with Gasteiger partial charge in [0.1, 0.15) is 0 Å². The number of rotatable bonds is 3. The largest absolute Gasteiger partial charge is 0.480 e. The molecule has 1 aromatic heterocycles. The molecule has 0 saturated carbocycles. The van der Waals surface area contributed by atoms with Crippen molar-refractivity contribution in [3.05, 3.63) is 10.7 Å². The maximum Gasteiger partial charge on any atom is 0.422 e. The zero-order chi connectivity index (χ0) is 11.5. The van der Waals surface area contributed by atoms with Crippen LogP contribution in [0.15, 0.2) is 10.7 Å². The molecule has 0 N–H and O–H groups in total. The van der Waals surface area contributed by atoms with Gasteiger partial charge in [0.2, 0.25) is 5.88 Å². The van der Waals surface area contributed by atoms with Gasteiger partial charge in [0, 0.05) is 0 Å². The van der Waals surface area contributed by atoms with Crippen LogP contribution in [0.4, 0.5) is 13.2 Å². The molecule has 1 heterocycles. The second-order valence-electron chi connectivity index (χ2n) is 2.41. The molecule has 15 heavy (non-hydrogen) atoms. The molecular weight excluding hydrogens is 281 g/mol. The zero-order valence-corrected chi connectivity index (χ0v) is 9.09. The number of aromatic nitrogens is 2. The van der Waals surface area contributed by atoms with E-state index in [9.17, 15) is 13.2 Å². The Hall–Kier alpha value is -1.05. The lowest BCUT2D eigenvalue weighted by molar-refractivity contribution is -0.154. The molecule has 0 radical (unpaired) electrons. The average molecular weight is 287 g/mol. The van der Waals surface area contributed by atoms with Crippen LogP contribution in [0.5, 0.6) is 11.9 Å². The highest BCUT2D eigenvalue weighted by Crippen LogP contribution is 2.23. The van der Waals surface area contributed by atoms with E-state index in [-0.39, 0.29) is 11.9 Å². The van der Waals surface area contributed by atoms with Crippen LogP contribution < -0.4 is 9.47 Å². The lowest BCUT2D eigenvalue weighted by atomic mass is 10.6. The first-order chi connectivity index (χ1) is 6.92. The van der Waals surface area contributed by atoms with Gasteiger partial charge in [0.15, 0.2) is 6.61 Å². The first-order valence-corrected chi connectivity index (χ1v) is 4.48. The van der Waals surface area contributed by atoms with Crippen LogP contribution in [-0.4, -0.2) is 29.9 Å². The highest BCUT2D eigenvalue weighted by Gasteiger charge is 2.29. The molecule has 0 spiro atoms. The van der Waals surface area contributed by atoms with E-state index in [4.69, 9.17) is 4.74 Å². The van der Waals surface area contributed by atoms with E-state index in [1.54, 1.807) is 0 Å². The lowest BCUT2D eigenvalue weighted by Gasteiger charge is -2.08. The molecule has 0 fully saturated rings. The van der Waals surface area contributed by atoms with Crippen LogP contribution in [0.1, 0.15) is 0 Å². The molecule has 0 aliphatic carbocycles. The van der Waals surface area contributed by atoms with Crippen molar-refractivity contribution in [3.8, 4) is 11.9 Å². The van der Waals surface area contributed by atoms with Crippen molar-refractivity contribution in [2.24, 2.45) is 0 Å². The summed E-state index contributed by atoms with van der Waals surface area (Å²) < 4.78 is 44.9. The molecule has 0 amide bonds. The topological polar surface area (TPSA) is 44.2 Å². The summed E-state index contributed by atoms with van der Waals surface area (Å²) in [6.07, 6.45) is -3.17. The molecule has 0 aliphatic heterocycles. The van der Waals surface area contributed by atoms with Crippen LogP contribution in [0.2, 0.25) is 0 Å². The number of nitrogens with zero attached hydrogens (tertiary/aromatic N) is 2. The van der Waals surface area contributed by atoms with E-state index < -0.39 is 12.8 Å². The molecule has 0 unspecified atom stereocenters. The van der Waals surface area contributed by atoms with Crippen molar-refractivity contribution in [2.45, 2.75) is 6.18 Å². The van der Waals surface area contributed by atoms with Crippen molar-refractivity contribution >= 4 is 15.9 Å². The van der Waals surface area contributed by atoms with Crippen LogP contribution in [0.3, 0.4) is 0 Å². The minimum Gasteiger partial charge on any atom is -0.480 e. The van der Waals surface area contributed by atoms with Gasteiger partial charge in [0.05, 0.1) is 17.8 Å². The molecule has 0 bridgehead atoms. The van der Waals surface area contributed by atoms with Gasteiger partial charge in [0.25, 0.3) is 0 Å². The van der Waals surface area contributed by atoms with E-state index in [2.05, 4.69) is 30.6 Å². The molecule has 84 valence electrons. The molecule has 0 aromatic carbocycles. The summed E-state index contributed by atoms with van der Waals surface area (Å²) in [6.45, 7) is -1.43.